The largest absolute Gasteiger partial charge is 0.302 e. The number of carbonyl (C=O) groups is 1. The maximum Gasteiger partial charge on any atom is 0.223 e. The van der Waals surface area contributed by atoms with Crippen LogP contribution < -0.4 is 5.32 Å². The Balaban J connectivity index is 2.97. The maximum absolute atomic E-state index is 10.9. The molecule has 1 heterocycles. The number of thiazole rings is 1. The molecule has 0 atom stereocenters. The third-order valence-electron chi connectivity index (χ3n) is 1.86. The van der Waals surface area contributed by atoms with Gasteiger partial charge in [0.15, 0.2) is 5.13 Å². The first kappa shape index (κ1) is 12.8. The first-order valence-electron chi connectivity index (χ1n) is 5.20. The summed E-state index contributed by atoms with van der Waals surface area (Å²) in [4.78, 5) is 20.7. The average molecular weight is 239 g/mol. The third-order valence-corrected chi connectivity index (χ3v) is 3.04. The average Bonchev–Trinajstić information content (AvgIpc) is 2.44. The van der Waals surface area contributed by atoms with Crippen molar-refractivity contribution in [2.75, 3.05) is 5.32 Å². The minimum Gasteiger partial charge on any atom is -0.302 e. The molecule has 16 heavy (non-hydrogen) atoms. The molecule has 1 amide bonds. The van der Waals surface area contributed by atoms with E-state index in [1.807, 2.05) is 27.7 Å². The van der Waals surface area contributed by atoms with Crippen LogP contribution in [-0.4, -0.2) is 22.6 Å². The second-order valence-electron chi connectivity index (χ2n) is 3.92. The number of nitrogens with zero attached hydrogens (tertiary/aromatic N) is 2. The molecule has 0 unspecified atom stereocenters. The van der Waals surface area contributed by atoms with E-state index in [4.69, 9.17) is 0 Å². The summed E-state index contributed by atoms with van der Waals surface area (Å²) in [6.07, 6.45) is 0. The third kappa shape index (κ3) is 3.41. The molecular weight excluding hydrogens is 222 g/mol. The second kappa shape index (κ2) is 5.21. The molecule has 1 aromatic heterocycles. The van der Waals surface area contributed by atoms with Gasteiger partial charge in [0.2, 0.25) is 5.91 Å². The molecule has 0 radical (unpaired) electrons. The van der Waals surface area contributed by atoms with Crippen molar-refractivity contribution in [3.05, 3.63) is 10.6 Å². The minimum absolute atomic E-state index is 0.0984. The van der Waals surface area contributed by atoms with Crippen LogP contribution >= 0.6 is 11.3 Å². The van der Waals surface area contributed by atoms with E-state index in [0.29, 0.717) is 5.13 Å². The number of amides is 1. The van der Waals surface area contributed by atoms with Crippen LogP contribution in [0.5, 0.6) is 0 Å². The fourth-order valence-corrected chi connectivity index (χ4v) is 2.35. The first-order chi connectivity index (χ1) is 7.40. The van der Waals surface area contributed by atoms with Gasteiger partial charge < -0.3 is 5.32 Å². The van der Waals surface area contributed by atoms with Crippen molar-refractivity contribution in [3.8, 4) is 0 Å². The number of aryl methyl sites for hydroxylation is 1. The number of rotatable bonds is 3. The van der Waals surface area contributed by atoms with E-state index in [2.05, 4.69) is 15.3 Å². The Bertz CT molecular complexity index is 421. The highest BCUT2D eigenvalue weighted by atomic mass is 32.1. The van der Waals surface area contributed by atoms with E-state index in [1.165, 1.54) is 18.3 Å². The van der Waals surface area contributed by atoms with Gasteiger partial charge in [0.05, 0.1) is 16.3 Å². The predicted octanol–water partition coefficient (Wildman–Crippen LogP) is 2.63. The highest BCUT2D eigenvalue weighted by Gasteiger charge is 2.11. The van der Waals surface area contributed by atoms with Gasteiger partial charge in [0.25, 0.3) is 0 Å². The van der Waals surface area contributed by atoms with Crippen LogP contribution in [-0.2, 0) is 4.79 Å². The fraction of sp³-hybridized carbons (Fsp3) is 0.545. The fourth-order valence-electron chi connectivity index (χ4n) is 1.38. The molecule has 0 aliphatic rings. The van der Waals surface area contributed by atoms with Crippen LogP contribution in [0.4, 0.5) is 5.13 Å². The highest BCUT2D eigenvalue weighted by molar-refractivity contribution is 7.17. The quantitative estimate of drug-likeness (QED) is 0.824. The number of anilines is 1. The Kier molecular flexibility index (Phi) is 4.18. The predicted molar refractivity (Wildman–Crippen MR) is 68.5 cm³/mol. The summed E-state index contributed by atoms with van der Waals surface area (Å²) >= 11 is 1.46. The Morgan fingerprint density at radius 2 is 2.06 bits per heavy atom. The van der Waals surface area contributed by atoms with Gasteiger partial charge in [-0.25, -0.2) is 4.98 Å². The molecule has 0 bridgehead atoms. The molecule has 1 aromatic rings. The molecular formula is C11H17N3OS. The van der Waals surface area contributed by atoms with E-state index in [0.717, 1.165) is 16.3 Å². The van der Waals surface area contributed by atoms with Crippen LogP contribution in [0.3, 0.4) is 0 Å². The summed E-state index contributed by atoms with van der Waals surface area (Å²) in [5.41, 5.74) is 1.89. The summed E-state index contributed by atoms with van der Waals surface area (Å²) in [7, 11) is 0. The summed E-state index contributed by atoms with van der Waals surface area (Å²) in [6.45, 7) is 9.45. The van der Waals surface area contributed by atoms with Crippen LogP contribution in [0, 0.1) is 6.92 Å². The number of aromatic nitrogens is 1. The van der Waals surface area contributed by atoms with Gasteiger partial charge in [-0.15, -0.1) is 0 Å². The molecule has 1 rings (SSSR count). The van der Waals surface area contributed by atoms with Crippen LogP contribution in [0.1, 0.15) is 38.3 Å². The highest BCUT2D eigenvalue weighted by Crippen LogP contribution is 2.23. The zero-order valence-corrected chi connectivity index (χ0v) is 11.1. The van der Waals surface area contributed by atoms with Crippen molar-refractivity contribution in [1.82, 2.24) is 4.98 Å². The zero-order valence-electron chi connectivity index (χ0n) is 10.3. The smallest absolute Gasteiger partial charge is 0.223 e. The van der Waals surface area contributed by atoms with Crippen molar-refractivity contribution < 1.29 is 4.79 Å². The van der Waals surface area contributed by atoms with E-state index >= 15 is 0 Å². The number of hydrogen-bond acceptors (Lipinski definition) is 4. The monoisotopic (exact) mass is 239 g/mol. The lowest BCUT2D eigenvalue weighted by Gasteiger charge is -2.00. The topological polar surface area (TPSA) is 54.4 Å². The number of aliphatic imine (C=N–C) groups is 1. The zero-order chi connectivity index (χ0) is 12.3. The second-order valence-corrected chi connectivity index (χ2v) is 4.92. The molecule has 1 N–H and O–H groups in total. The molecule has 88 valence electrons. The van der Waals surface area contributed by atoms with E-state index < -0.39 is 0 Å². The molecule has 0 aliphatic carbocycles. The number of hydrogen-bond donors (Lipinski definition) is 1. The Morgan fingerprint density at radius 1 is 1.44 bits per heavy atom. The van der Waals surface area contributed by atoms with Gasteiger partial charge in [-0.05, 0) is 27.7 Å². The Labute approximate surface area is 99.8 Å². The molecule has 0 aromatic carbocycles. The minimum atomic E-state index is -0.0984. The van der Waals surface area contributed by atoms with E-state index in [1.54, 1.807) is 0 Å². The summed E-state index contributed by atoms with van der Waals surface area (Å²) < 4.78 is 0. The Morgan fingerprint density at radius 3 is 2.56 bits per heavy atom. The molecule has 0 saturated heterocycles. The van der Waals surface area contributed by atoms with Gasteiger partial charge in [0, 0.05) is 13.0 Å². The molecule has 0 fully saturated rings. The lowest BCUT2D eigenvalue weighted by molar-refractivity contribution is -0.114. The summed E-state index contributed by atoms with van der Waals surface area (Å²) in [6, 6.07) is 0.269. The first-order valence-corrected chi connectivity index (χ1v) is 6.01. The molecule has 0 saturated carbocycles. The van der Waals surface area contributed by atoms with Crippen molar-refractivity contribution in [2.45, 2.75) is 40.7 Å². The SMILES string of the molecule is CC(=O)Nc1nc(C)c(C(C)=NC(C)C)s1. The van der Waals surface area contributed by atoms with Crippen molar-refractivity contribution in [1.29, 1.82) is 0 Å². The van der Waals surface area contributed by atoms with Crippen molar-refractivity contribution >= 4 is 28.1 Å². The van der Waals surface area contributed by atoms with Gasteiger partial charge in [-0.2, -0.15) is 0 Å². The standard InChI is InChI=1S/C11H17N3OS/c1-6(2)12-7(3)10-8(4)13-11(16-10)14-9(5)15/h6H,1-5H3,(H,13,14,15). The van der Waals surface area contributed by atoms with Gasteiger partial charge >= 0.3 is 0 Å². The molecule has 0 aliphatic heterocycles. The Hall–Kier alpha value is -1.23. The molecule has 0 spiro atoms. The molecule has 5 heteroatoms. The number of carbonyl (C=O) groups excluding carboxylic acids is 1. The van der Waals surface area contributed by atoms with Gasteiger partial charge in [0.1, 0.15) is 0 Å². The normalized spacial score (nSPS) is 12.0. The summed E-state index contributed by atoms with van der Waals surface area (Å²) in [5.74, 6) is -0.0984. The van der Waals surface area contributed by atoms with Crippen LogP contribution in [0.2, 0.25) is 0 Å². The lowest BCUT2D eigenvalue weighted by Crippen LogP contribution is -2.04. The van der Waals surface area contributed by atoms with E-state index in [-0.39, 0.29) is 11.9 Å². The van der Waals surface area contributed by atoms with Crippen molar-refractivity contribution in [2.24, 2.45) is 4.99 Å². The van der Waals surface area contributed by atoms with Crippen LogP contribution in [0.15, 0.2) is 4.99 Å². The maximum atomic E-state index is 10.9. The van der Waals surface area contributed by atoms with Crippen molar-refractivity contribution in [3.63, 3.8) is 0 Å². The van der Waals surface area contributed by atoms with E-state index in [9.17, 15) is 4.79 Å². The lowest BCUT2D eigenvalue weighted by atomic mass is 10.3. The number of nitrogens with one attached hydrogen (secondary N) is 1. The van der Waals surface area contributed by atoms with Crippen LogP contribution in [0.25, 0.3) is 0 Å². The van der Waals surface area contributed by atoms with Gasteiger partial charge in [-0.1, -0.05) is 11.3 Å². The molecule has 4 nitrogen and oxygen atoms in total. The summed E-state index contributed by atoms with van der Waals surface area (Å²) in [5, 5.41) is 3.32. The van der Waals surface area contributed by atoms with Gasteiger partial charge in [-0.3, -0.25) is 9.79 Å².